The predicted octanol–water partition coefficient (Wildman–Crippen LogP) is 1.97. The molecule has 0 fully saturated rings. The smallest absolute Gasteiger partial charge is 0.187 e. The molecule has 2 N–H and O–H groups in total. The van der Waals surface area contributed by atoms with E-state index < -0.39 is 8.32 Å². The van der Waals surface area contributed by atoms with Crippen LogP contribution in [-0.2, 0) is 4.43 Å². The second-order valence-corrected chi connectivity index (χ2v) is 8.07. The number of rotatable bonds is 5. The second kappa shape index (κ2) is 4.90. The quantitative estimate of drug-likeness (QED) is 0.648. The zero-order chi connectivity index (χ0) is 8.91. The Morgan fingerprint density at radius 1 is 1.36 bits per heavy atom. The molecule has 0 amide bonds. The average Bonchev–Trinajstić information content (AvgIpc) is 1.81. The fourth-order valence-corrected chi connectivity index (χ4v) is 3.67. The van der Waals surface area contributed by atoms with Crippen LogP contribution in [0.5, 0.6) is 0 Å². The van der Waals surface area contributed by atoms with Crippen molar-refractivity contribution in [3.63, 3.8) is 0 Å². The van der Waals surface area contributed by atoms with Crippen molar-refractivity contribution >= 4 is 8.32 Å². The molecule has 2 nitrogen and oxygen atoms in total. The summed E-state index contributed by atoms with van der Waals surface area (Å²) in [5.41, 5.74) is 5.43. The molecule has 0 saturated carbocycles. The van der Waals surface area contributed by atoms with Gasteiger partial charge in [-0.25, -0.2) is 0 Å². The Labute approximate surface area is 71.3 Å². The van der Waals surface area contributed by atoms with Gasteiger partial charge in [0.05, 0.1) is 0 Å². The van der Waals surface area contributed by atoms with Gasteiger partial charge in [-0.2, -0.15) is 0 Å². The molecule has 11 heavy (non-hydrogen) atoms. The minimum Gasteiger partial charge on any atom is -0.415 e. The highest BCUT2D eigenvalue weighted by Crippen LogP contribution is 2.14. The summed E-state index contributed by atoms with van der Waals surface area (Å²) in [5.74, 6) is 0. The normalized spacial score (nSPS) is 12.5. The Balaban J connectivity index is 3.61. The van der Waals surface area contributed by atoms with Gasteiger partial charge in [0.25, 0.3) is 0 Å². The highest BCUT2D eigenvalue weighted by molar-refractivity contribution is 6.71. The fourth-order valence-electron chi connectivity index (χ4n) is 1.22. The third kappa shape index (κ3) is 6.53. The second-order valence-electron chi connectivity index (χ2n) is 3.82. The van der Waals surface area contributed by atoms with Crippen LogP contribution in [0.15, 0.2) is 0 Å². The van der Waals surface area contributed by atoms with Gasteiger partial charge >= 0.3 is 0 Å². The zero-order valence-corrected chi connectivity index (χ0v) is 9.18. The van der Waals surface area contributed by atoms with Gasteiger partial charge in [0, 0.05) is 6.10 Å². The Kier molecular flexibility index (Phi) is 4.96. The molecule has 0 aromatic heterocycles. The maximum Gasteiger partial charge on any atom is 0.187 e. The van der Waals surface area contributed by atoms with Gasteiger partial charge in [0.15, 0.2) is 8.32 Å². The van der Waals surface area contributed by atoms with E-state index in [4.69, 9.17) is 10.2 Å². The van der Waals surface area contributed by atoms with Crippen LogP contribution in [-0.4, -0.2) is 21.0 Å². The van der Waals surface area contributed by atoms with Crippen molar-refractivity contribution in [1.29, 1.82) is 0 Å². The lowest BCUT2D eigenvalue weighted by atomic mass is 10.5. The van der Waals surface area contributed by atoms with Crippen molar-refractivity contribution in [3.05, 3.63) is 0 Å². The predicted molar refractivity (Wildman–Crippen MR) is 52.2 cm³/mol. The molecule has 3 heteroatoms. The third-order valence-electron chi connectivity index (χ3n) is 1.54. The summed E-state index contributed by atoms with van der Waals surface area (Å²) in [6.45, 7) is 9.48. The summed E-state index contributed by atoms with van der Waals surface area (Å²) in [6, 6.07) is 1.18. The Morgan fingerprint density at radius 3 is 2.27 bits per heavy atom. The summed E-state index contributed by atoms with van der Waals surface area (Å²) < 4.78 is 5.82. The molecule has 0 aromatic carbocycles. The molecule has 0 aliphatic rings. The standard InChI is InChI=1S/C8H21NOSi/c1-8(2)10-11(3,4)7-5-6-9/h8H,5-7,9H2,1-4H3. The van der Waals surface area contributed by atoms with Gasteiger partial charge < -0.3 is 10.2 Å². The Hall–Kier alpha value is 0.137. The van der Waals surface area contributed by atoms with Crippen LogP contribution in [0, 0.1) is 0 Å². The molecule has 0 spiro atoms. The molecule has 0 radical (unpaired) electrons. The van der Waals surface area contributed by atoms with Crippen LogP contribution in [0.3, 0.4) is 0 Å². The first kappa shape index (κ1) is 11.1. The van der Waals surface area contributed by atoms with Crippen molar-refractivity contribution in [1.82, 2.24) is 0 Å². The summed E-state index contributed by atoms with van der Waals surface area (Å²) in [7, 11) is -1.37. The molecule has 0 unspecified atom stereocenters. The van der Waals surface area contributed by atoms with Crippen LogP contribution in [0.1, 0.15) is 20.3 Å². The van der Waals surface area contributed by atoms with Crippen molar-refractivity contribution in [3.8, 4) is 0 Å². The van der Waals surface area contributed by atoms with Gasteiger partial charge in [-0.15, -0.1) is 0 Å². The molecule has 0 rings (SSSR count). The Morgan fingerprint density at radius 2 is 1.91 bits per heavy atom. The summed E-state index contributed by atoms with van der Waals surface area (Å²) in [6.07, 6.45) is 1.47. The van der Waals surface area contributed by atoms with Gasteiger partial charge in [0.2, 0.25) is 0 Å². The molecule has 0 atom stereocenters. The van der Waals surface area contributed by atoms with E-state index in [-0.39, 0.29) is 0 Å². The van der Waals surface area contributed by atoms with E-state index in [9.17, 15) is 0 Å². The molecular formula is C8H21NOSi. The van der Waals surface area contributed by atoms with E-state index in [0.29, 0.717) is 6.10 Å². The van der Waals surface area contributed by atoms with E-state index in [2.05, 4.69) is 26.9 Å². The van der Waals surface area contributed by atoms with Gasteiger partial charge in [0.1, 0.15) is 0 Å². The van der Waals surface area contributed by atoms with Crippen LogP contribution in [0.2, 0.25) is 19.1 Å². The lowest BCUT2D eigenvalue weighted by Gasteiger charge is -2.25. The first-order chi connectivity index (χ1) is 4.98. The first-order valence-corrected chi connectivity index (χ1v) is 7.47. The van der Waals surface area contributed by atoms with Crippen molar-refractivity contribution < 1.29 is 4.43 Å². The van der Waals surface area contributed by atoms with Crippen LogP contribution >= 0.6 is 0 Å². The number of nitrogens with two attached hydrogens (primary N) is 1. The largest absolute Gasteiger partial charge is 0.415 e. The number of hydrogen-bond acceptors (Lipinski definition) is 2. The highest BCUT2D eigenvalue weighted by atomic mass is 28.4. The fraction of sp³-hybridized carbons (Fsp3) is 1.00. The van der Waals surface area contributed by atoms with Crippen molar-refractivity contribution in [2.45, 2.75) is 45.5 Å². The molecule has 0 heterocycles. The van der Waals surface area contributed by atoms with E-state index >= 15 is 0 Å². The lowest BCUT2D eigenvalue weighted by Crippen LogP contribution is -2.33. The molecule has 0 aromatic rings. The van der Waals surface area contributed by atoms with Crippen LogP contribution in [0.25, 0.3) is 0 Å². The third-order valence-corrected chi connectivity index (χ3v) is 4.20. The summed E-state index contributed by atoms with van der Waals surface area (Å²) in [5, 5.41) is 0. The van der Waals surface area contributed by atoms with Gasteiger partial charge in [-0.1, -0.05) is 0 Å². The maximum absolute atomic E-state index is 5.82. The molecule has 0 aliphatic carbocycles. The van der Waals surface area contributed by atoms with Gasteiger partial charge in [-0.3, -0.25) is 0 Å². The molecule has 0 aliphatic heterocycles. The lowest BCUT2D eigenvalue weighted by molar-refractivity contribution is 0.231. The van der Waals surface area contributed by atoms with Crippen LogP contribution in [0.4, 0.5) is 0 Å². The minimum absolute atomic E-state index is 0.370. The summed E-state index contributed by atoms with van der Waals surface area (Å²) >= 11 is 0. The SMILES string of the molecule is CC(C)O[Si](C)(C)CCCN. The van der Waals surface area contributed by atoms with E-state index in [0.717, 1.165) is 13.0 Å². The zero-order valence-electron chi connectivity index (χ0n) is 8.18. The van der Waals surface area contributed by atoms with Crippen molar-refractivity contribution in [2.24, 2.45) is 5.73 Å². The molecule has 0 saturated heterocycles. The molecule has 68 valence electrons. The number of hydrogen-bond donors (Lipinski definition) is 1. The van der Waals surface area contributed by atoms with Crippen LogP contribution < -0.4 is 5.73 Å². The van der Waals surface area contributed by atoms with E-state index in [1.54, 1.807) is 0 Å². The van der Waals surface area contributed by atoms with Gasteiger partial charge in [-0.05, 0) is 46.0 Å². The monoisotopic (exact) mass is 175 g/mol. The summed E-state index contributed by atoms with van der Waals surface area (Å²) in [4.78, 5) is 0. The first-order valence-electron chi connectivity index (χ1n) is 4.36. The average molecular weight is 175 g/mol. The molecular weight excluding hydrogens is 154 g/mol. The minimum atomic E-state index is -1.37. The van der Waals surface area contributed by atoms with E-state index in [1.165, 1.54) is 6.04 Å². The topological polar surface area (TPSA) is 35.2 Å². The highest BCUT2D eigenvalue weighted by Gasteiger charge is 2.22. The maximum atomic E-state index is 5.82. The Bertz CT molecular complexity index is 104. The van der Waals surface area contributed by atoms with Crippen molar-refractivity contribution in [2.75, 3.05) is 6.54 Å². The van der Waals surface area contributed by atoms with E-state index in [1.807, 2.05) is 0 Å². The molecule has 0 bridgehead atoms.